The first-order valence-corrected chi connectivity index (χ1v) is 4.53. The average Bonchev–Trinajstić information content (AvgIpc) is 2.14. The number of carbonyl (C=O) groups is 1. The highest BCUT2D eigenvalue weighted by atomic mass is 32.1. The van der Waals surface area contributed by atoms with Crippen molar-refractivity contribution in [3.05, 3.63) is 12.2 Å². The van der Waals surface area contributed by atoms with Crippen LogP contribution in [0.3, 0.4) is 0 Å². The summed E-state index contributed by atoms with van der Waals surface area (Å²) in [4.78, 5) is 14.4. The number of hydrogen-bond acceptors (Lipinski definition) is 5. The number of nitrogens with zero attached hydrogens (tertiary/aromatic N) is 1. The van der Waals surface area contributed by atoms with Crippen LogP contribution in [-0.4, -0.2) is 35.5 Å². The maximum Gasteiger partial charge on any atom is 0.333 e. The number of carbonyl (C=O) groups excluding carboxylic acids is 1. The Morgan fingerprint density at radius 3 is 2.93 bits per heavy atom. The summed E-state index contributed by atoms with van der Waals surface area (Å²) in [6.45, 7) is 5.33. The van der Waals surface area contributed by atoms with Gasteiger partial charge in [-0.15, -0.1) is 0 Å². The molecule has 5 heteroatoms. The van der Waals surface area contributed by atoms with Crippen molar-refractivity contribution in [1.82, 2.24) is 0 Å². The van der Waals surface area contributed by atoms with Gasteiger partial charge in [0.2, 0.25) is 0 Å². The summed E-state index contributed by atoms with van der Waals surface area (Å²) in [5.74, 6) is -0.449. The standard InChI is InChI=1S/C9H13NO3S/c1-7(2)9(12)13-4-3-8(11)5-10-6-14/h8,11H,1,3-5H2,2H3. The van der Waals surface area contributed by atoms with E-state index in [0.717, 1.165) is 0 Å². The van der Waals surface area contributed by atoms with Crippen molar-refractivity contribution in [2.75, 3.05) is 13.2 Å². The predicted octanol–water partition coefficient (Wildman–Crippen LogP) is 0.960. The normalized spacial score (nSPS) is 11.3. The summed E-state index contributed by atoms with van der Waals surface area (Å²) in [5.41, 5.74) is 0.344. The highest BCUT2D eigenvalue weighted by molar-refractivity contribution is 7.78. The molecular weight excluding hydrogens is 202 g/mol. The number of rotatable bonds is 6. The van der Waals surface area contributed by atoms with Crippen LogP contribution in [0, 0.1) is 0 Å². The van der Waals surface area contributed by atoms with Crippen molar-refractivity contribution >= 4 is 23.3 Å². The number of hydrogen-bond donors (Lipinski definition) is 1. The quantitative estimate of drug-likeness (QED) is 0.310. The fourth-order valence-corrected chi connectivity index (χ4v) is 0.719. The van der Waals surface area contributed by atoms with Crippen molar-refractivity contribution < 1.29 is 14.6 Å². The third kappa shape index (κ3) is 6.48. The van der Waals surface area contributed by atoms with Gasteiger partial charge in [-0.3, -0.25) is 0 Å². The molecule has 1 N–H and O–H groups in total. The zero-order chi connectivity index (χ0) is 11.0. The molecule has 0 radical (unpaired) electrons. The van der Waals surface area contributed by atoms with Gasteiger partial charge < -0.3 is 9.84 Å². The minimum absolute atomic E-state index is 0.153. The lowest BCUT2D eigenvalue weighted by molar-refractivity contribution is -0.139. The van der Waals surface area contributed by atoms with Crippen molar-refractivity contribution in [2.24, 2.45) is 4.99 Å². The van der Waals surface area contributed by atoms with E-state index in [0.29, 0.717) is 12.0 Å². The average molecular weight is 215 g/mol. The molecule has 0 saturated heterocycles. The van der Waals surface area contributed by atoms with E-state index in [1.54, 1.807) is 6.92 Å². The Morgan fingerprint density at radius 2 is 2.43 bits per heavy atom. The maximum absolute atomic E-state index is 10.9. The lowest BCUT2D eigenvalue weighted by atomic mass is 10.3. The largest absolute Gasteiger partial charge is 0.462 e. The molecular formula is C9H13NO3S. The molecule has 0 rings (SSSR count). The fraction of sp³-hybridized carbons (Fsp3) is 0.556. The second-order valence-electron chi connectivity index (χ2n) is 2.79. The van der Waals surface area contributed by atoms with E-state index < -0.39 is 12.1 Å². The summed E-state index contributed by atoms with van der Waals surface area (Å²) >= 11 is 4.33. The molecule has 0 amide bonds. The molecule has 78 valence electrons. The SMILES string of the molecule is C=C(C)C(=O)OCCC(O)CN=C=S. The second kappa shape index (κ2) is 7.38. The summed E-state index contributed by atoms with van der Waals surface area (Å²) in [6, 6.07) is 0. The second-order valence-corrected chi connectivity index (χ2v) is 2.97. The van der Waals surface area contributed by atoms with Gasteiger partial charge >= 0.3 is 5.97 Å². The van der Waals surface area contributed by atoms with Crippen LogP contribution in [0.15, 0.2) is 17.1 Å². The first-order chi connectivity index (χ1) is 6.57. The molecule has 0 aliphatic carbocycles. The van der Waals surface area contributed by atoms with Crippen molar-refractivity contribution in [1.29, 1.82) is 0 Å². The maximum atomic E-state index is 10.9. The summed E-state index contributed by atoms with van der Waals surface area (Å²) in [6.07, 6.45) is -0.317. The summed E-state index contributed by atoms with van der Waals surface area (Å²) in [5, 5.41) is 11.4. The first-order valence-electron chi connectivity index (χ1n) is 4.12. The van der Waals surface area contributed by atoms with Gasteiger partial charge in [0.1, 0.15) is 0 Å². The summed E-state index contributed by atoms with van der Waals surface area (Å²) in [7, 11) is 0. The van der Waals surface area contributed by atoms with Crippen LogP contribution in [0.1, 0.15) is 13.3 Å². The zero-order valence-corrected chi connectivity index (χ0v) is 8.84. The highest BCUT2D eigenvalue weighted by Gasteiger charge is 2.06. The van der Waals surface area contributed by atoms with Crippen LogP contribution >= 0.6 is 12.2 Å². The molecule has 14 heavy (non-hydrogen) atoms. The molecule has 0 spiro atoms. The molecule has 0 bridgehead atoms. The van der Waals surface area contributed by atoms with Gasteiger partial charge in [-0.05, 0) is 19.1 Å². The smallest absolute Gasteiger partial charge is 0.333 e. The van der Waals surface area contributed by atoms with Crippen LogP contribution in [0.2, 0.25) is 0 Å². The van der Waals surface area contributed by atoms with Crippen LogP contribution in [0.25, 0.3) is 0 Å². The Hall–Kier alpha value is -1.03. The number of thiocarbonyl (C=S) groups is 1. The Morgan fingerprint density at radius 1 is 1.79 bits per heavy atom. The van der Waals surface area contributed by atoms with Gasteiger partial charge in [0, 0.05) is 12.0 Å². The number of aliphatic imine (C=N–C) groups is 1. The van der Waals surface area contributed by atoms with Gasteiger partial charge in [0.25, 0.3) is 0 Å². The van der Waals surface area contributed by atoms with Gasteiger partial charge in [-0.25, -0.2) is 9.79 Å². The minimum atomic E-state index is -0.650. The molecule has 0 fully saturated rings. The van der Waals surface area contributed by atoms with Gasteiger partial charge in [-0.2, -0.15) is 0 Å². The van der Waals surface area contributed by atoms with Crippen molar-refractivity contribution in [2.45, 2.75) is 19.4 Å². The number of aliphatic hydroxyl groups is 1. The van der Waals surface area contributed by atoms with E-state index in [9.17, 15) is 9.90 Å². The summed E-state index contributed by atoms with van der Waals surface area (Å²) < 4.78 is 4.77. The first kappa shape index (κ1) is 13.0. The molecule has 0 aliphatic heterocycles. The third-order valence-corrected chi connectivity index (χ3v) is 1.53. The van der Waals surface area contributed by atoms with Gasteiger partial charge in [-0.1, -0.05) is 6.58 Å². The molecule has 1 unspecified atom stereocenters. The zero-order valence-electron chi connectivity index (χ0n) is 8.02. The number of ether oxygens (including phenoxy) is 1. The van der Waals surface area contributed by atoms with Crippen LogP contribution < -0.4 is 0 Å². The van der Waals surface area contributed by atoms with Crippen LogP contribution in [0.5, 0.6) is 0 Å². The number of isothiocyanates is 1. The van der Waals surface area contributed by atoms with Crippen LogP contribution in [0.4, 0.5) is 0 Å². The Kier molecular flexibility index (Phi) is 6.84. The van der Waals surface area contributed by atoms with Crippen LogP contribution in [-0.2, 0) is 9.53 Å². The Labute approximate surface area is 88.3 Å². The fourth-order valence-electron chi connectivity index (χ4n) is 0.645. The van der Waals surface area contributed by atoms with E-state index in [-0.39, 0.29) is 13.2 Å². The van der Waals surface area contributed by atoms with Gasteiger partial charge in [0.05, 0.1) is 24.4 Å². The van der Waals surface area contributed by atoms with Crippen molar-refractivity contribution in [3.8, 4) is 0 Å². The molecule has 4 nitrogen and oxygen atoms in total. The monoisotopic (exact) mass is 215 g/mol. The highest BCUT2D eigenvalue weighted by Crippen LogP contribution is 1.97. The van der Waals surface area contributed by atoms with E-state index in [4.69, 9.17) is 4.74 Å². The minimum Gasteiger partial charge on any atom is -0.462 e. The lowest BCUT2D eigenvalue weighted by Crippen LogP contribution is -2.16. The molecule has 0 aromatic heterocycles. The van der Waals surface area contributed by atoms with Crippen molar-refractivity contribution in [3.63, 3.8) is 0 Å². The van der Waals surface area contributed by atoms with E-state index in [1.807, 2.05) is 0 Å². The van der Waals surface area contributed by atoms with E-state index in [1.165, 1.54) is 0 Å². The molecule has 0 saturated carbocycles. The topological polar surface area (TPSA) is 58.9 Å². The third-order valence-electron chi connectivity index (χ3n) is 1.40. The molecule has 0 aromatic carbocycles. The molecule has 0 heterocycles. The molecule has 0 aliphatic rings. The molecule has 1 atom stereocenters. The van der Waals surface area contributed by atoms with E-state index >= 15 is 0 Å². The van der Waals surface area contributed by atoms with Gasteiger partial charge in [0.15, 0.2) is 0 Å². The lowest BCUT2D eigenvalue weighted by Gasteiger charge is -2.07. The Balaban J connectivity index is 3.58. The predicted molar refractivity (Wildman–Crippen MR) is 56.3 cm³/mol. The Bertz CT molecular complexity index is 259. The number of aliphatic hydroxyl groups excluding tert-OH is 1. The van der Waals surface area contributed by atoms with E-state index in [2.05, 4.69) is 29.0 Å². The molecule has 0 aromatic rings. The number of esters is 1.